The maximum Gasteiger partial charge on any atom is 0.306 e. The Kier molecular flexibility index (Phi) is 5.80. The number of carbonyl (C=O) groups excluding carboxylic acids is 1. The molecule has 144 valence electrons. The van der Waals surface area contributed by atoms with Crippen molar-refractivity contribution in [2.45, 2.75) is 70.4 Å². The van der Waals surface area contributed by atoms with Gasteiger partial charge in [0, 0.05) is 6.04 Å². The van der Waals surface area contributed by atoms with Crippen molar-refractivity contribution in [2.75, 3.05) is 14.1 Å². The lowest BCUT2D eigenvalue weighted by Gasteiger charge is -2.32. The summed E-state index contributed by atoms with van der Waals surface area (Å²) >= 11 is 0. The van der Waals surface area contributed by atoms with Crippen LogP contribution in [0, 0.1) is 11.8 Å². The van der Waals surface area contributed by atoms with Crippen LogP contribution in [0.4, 0.5) is 0 Å². The quantitative estimate of drug-likeness (QED) is 0.782. The molecule has 6 nitrogen and oxygen atoms in total. The highest BCUT2D eigenvalue weighted by Crippen LogP contribution is 2.33. The lowest BCUT2D eigenvalue weighted by atomic mass is 9.84. The number of allylic oxidation sites excluding steroid dienone is 1. The lowest BCUT2D eigenvalue weighted by Crippen LogP contribution is -2.38. The van der Waals surface area contributed by atoms with E-state index in [2.05, 4.69) is 30.2 Å². The van der Waals surface area contributed by atoms with E-state index in [0.717, 1.165) is 37.0 Å². The lowest BCUT2D eigenvalue weighted by molar-refractivity contribution is -0.143. The van der Waals surface area contributed by atoms with Gasteiger partial charge in [0.2, 0.25) is 0 Å². The standard InChI is InChI=1S/C20H31N3O3/c1-13-18(12-14-4-8-16(9-5-14)22(2)3)19(24)23(21-13)17-10-6-15(7-11-17)20(25)26/h12,14-17H,4-11H2,1-3H3,(H,25,26). The number of carbonyl (C=O) groups is 2. The van der Waals surface area contributed by atoms with E-state index in [-0.39, 0.29) is 17.9 Å². The van der Waals surface area contributed by atoms with Gasteiger partial charge in [0.05, 0.1) is 23.2 Å². The summed E-state index contributed by atoms with van der Waals surface area (Å²) in [4.78, 5) is 26.3. The van der Waals surface area contributed by atoms with E-state index in [1.54, 1.807) is 5.01 Å². The normalized spacial score (nSPS) is 34.5. The summed E-state index contributed by atoms with van der Waals surface area (Å²) in [5.74, 6) is -0.519. The fourth-order valence-corrected chi connectivity index (χ4v) is 4.57. The van der Waals surface area contributed by atoms with Crippen LogP contribution in [0.2, 0.25) is 0 Å². The maximum absolute atomic E-state index is 12.9. The second-order valence-corrected chi connectivity index (χ2v) is 8.29. The van der Waals surface area contributed by atoms with Crippen molar-refractivity contribution in [3.8, 4) is 0 Å². The van der Waals surface area contributed by atoms with E-state index in [1.807, 2.05) is 6.92 Å². The summed E-state index contributed by atoms with van der Waals surface area (Å²) in [6, 6.07) is 0.697. The fraction of sp³-hybridized carbons (Fsp3) is 0.750. The van der Waals surface area contributed by atoms with Crippen molar-refractivity contribution in [1.82, 2.24) is 9.91 Å². The minimum atomic E-state index is -0.718. The summed E-state index contributed by atoms with van der Waals surface area (Å²) in [5.41, 5.74) is 1.57. The average Bonchev–Trinajstić information content (AvgIpc) is 2.90. The molecule has 26 heavy (non-hydrogen) atoms. The van der Waals surface area contributed by atoms with Gasteiger partial charge < -0.3 is 10.0 Å². The van der Waals surface area contributed by atoms with Gasteiger partial charge in [-0.2, -0.15) is 5.10 Å². The second kappa shape index (κ2) is 7.91. The van der Waals surface area contributed by atoms with Crippen molar-refractivity contribution in [3.05, 3.63) is 11.6 Å². The van der Waals surface area contributed by atoms with Gasteiger partial charge in [0.25, 0.3) is 5.91 Å². The van der Waals surface area contributed by atoms with Gasteiger partial charge in [0.15, 0.2) is 0 Å². The molecule has 0 atom stereocenters. The number of amides is 1. The van der Waals surface area contributed by atoms with Gasteiger partial charge in [-0.05, 0) is 78.3 Å². The number of hydrogen-bond acceptors (Lipinski definition) is 4. The first-order valence-corrected chi connectivity index (χ1v) is 9.87. The SMILES string of the molecule is CC1=NN(C2CCC(C(=O)O)CC2)C(=O)C1=CC1CCC(N(C)C)CC1. The smallest absolute Gasteiger partial charge is 0.306 e. The van der Waals surface area contributed by atoms with Gasteiger partial charge in [-0.1, -0.05) is 6.08 Å². The Hall–Kier alpha value is -1.69. The van der Waals surface area contributed by atoms with E-state index in [1.165, 1.54) is 12.8 Å². The molecule has 1 aliphatic heterocycles. The molecule has 2 fully saturated rings. The molecule has 0 radical (unpaired) electrons. The van der Waals surface area contributed by atoms with Crippen LogP contribution in [0.1, 0.15) is 58.3 Å². The maximum atomic E-state index is 12.9. The first-order chi connectivity index (χ1) is 12.4. The molecular weight excluding hydrogens is 330 g/mol. The number of hydrogen-bond donors (Lipinski definition) is 1. The first-order valence-electron chi connectivity index (χ1n) is 9.87. The number of rotatable bonds is 4. The Balaban J connectivity index is 1.61. The molecule has 1 heterocycles. The summed E-state index contributed by atoms with van der Waals surface area (Å²) in [6.07, 6.45) is 9.45. The third-order valence-corrected chi connectivity index (χ3v) is 6.35. The van der Waals surface area contributed by atoms with Crippen LogP contribution in [0.15, 0.2) is 16.8 Å². The molecule has 0 saturated heterocycles. The topological polar surface area (TPSA) is 73.2 Å². The molecule has 1 amide bonds. The minimum absolute atomic E-state index is 0.0102. The molecule has 0 aromatic carbocycles. The van der Waals surface area contributed by atoms with Crippen molar-refractivity contribution in [3.63, 3.8) is 0 Å². The highest BCUT2D eigenvalue weighted by atomic mass is 16.4. The van der Waals surface area contributed by atoms with Crippen LogP contribution in [0.25, 0.3) is 0 Å². The van der Waals surface area contributed by atoms with Crippen LogP contribution in [0.5, 0.6) is 0 Å². The summed E-state index contributed by atoms with van der Waals surface area (Å²) in [7, 11) is 4.27. The van der Waals surface area contributed by atoms with Gasteiger partial charge in [-0.15, -0.1) is 0 Å². The molecule has 6 heteroatoms. The molecule has 2 aliphatic carbocycles. The van der Waals surface area contributed by atoms with Crippen LogP contribution in [-0.2, 0) is 9.59 Å². The molecule has 3 aliphatic rings. The average molecular weight is 361 g/mol. The molecule has 0 aromatic heterocycles. The Morgan fingerprint density at radius 2 is 1.73 bits per heavy atom. The Labute approximate surface area is 155 Å². The predicted octanol–water partition coefficient (Wildman–Crippen LogP) is 2.89. The third-order valence-electron chi connectivity index (χ3n) is 6.35. The second-order valence-electron chi connectivity index (χ2n) is 8.29. The minimum Gasteiger partial charge on any atom is -0.481 e. The fourth-order valence-electron chi connectivity index (χ4n) is 4.57. The third kappa shape index (κ3) is 4.00. The molecular formula is C20H31N3O3. The molecule has 3 rings (SSSR count). The van der Waals surface area contributed by atoms with E-state index in [9.17, 15) is 9.59 Å². The van der Waals surface area contributed by atoms with E-state index < -0.39 is 5.97 Å². The summed E-state index contributed by atoms with van der Waals surface area (Å²) < 4.78 is 0. The first kappa shape index (κ1) is 19.1. The van der Waals surface area contributed by atoms with Crippen molar-refractivity contribution in [1.29, 1.82) is 0 Å². The zero-order chi connectivity index (χ0) is 18.8. The van der Waals surface area contributed by atoms with Crippen LogP contribution >= 0.6 is 0 Å². The van der Waals surface area contributed by atoms with Crippen LogP contribution in [-0.4, -0.2) is 58.8 Å². The number of hydrazone groups is 1. The number of carboxylic acid groups (broad SMARTS) is 1. The van der Waals surface area contributed by atoms with E-state index in [4.69, 9.17) is 5.11 Å². The van der Waals surface area contributed by atoms with E-state index in [0.29, 0.717) is 24.8 Å². The van der Waals surface area contributed by atoms with Crippen molar-refractivity contribution in [2.24, 2.45) is 16.9 Å². The highest BCUT2D eigenvalue weighted by molar-refractivity contribution is 6.23. The largest absolute Gasteiger partial charge is 0.481 e. The zero-order valence-electron chi connectivity index (χ0n) is 16.1. The molecule has 0 unspecified atom stereocenters. The number of carboxylic acids is 1. The highest BCUT2D eigenvalue weighted by Gasteiger charge is 2.37. The summed E-state index contributed by atoms with van der Waals surface area (Å²) in [5, 5.41) is 15.3. The van der Waals surface area contributed by atoms with Gasteiger partial charge >= 0.3 is 5.97 Å². The Bertz CT molecular complexity index is 610. The van der Waals surface area contributed by atoms with Crippen LogP contribution in [0.3, 0.4) is 0 Å². The predicted molar refractivity (Wildman–Crippen MR) is 101 cm³/mol. The molecule has 0 bridgehead atoms. The van der Waals surface area contributed by atoms with E-state index >= 15 is 0 Å². The molecule has 1 N–H and O–H groups in total. The number of aliphatic carboxylic acids is 1. The molecule has 0 spiro atoms. The van der Waals surface area contributed by atoms with Crippen molar-refractivity contribution >= 4 is 17.6 Å². The van der Waals surface area contributed by atoms with Gasteiger partial charge in [0.1, 0.15) is 0 Å². The number of nitrogens with zero attached hydrogens (tertiary/aromatic N) is 3. The zero-order valence-corrected chi connectivity index (χ0v) is 16.1. The van der Waals surface area contributed by atoms with Gasteiger partial charge in [-0.3, -0.25) is 9.59 Å². The summed E-state index contributed by atoms with van der Waals surface area (Å²) in [6.45, 7) is 1.91. The van der Waals surface area contributed by atoms with Gasteiger partial charge in [-0.25, -0.2) is 5.01 Å². The molecule has 0 aromatic rings. The van der Waals surface area contributed by atoms with Crippen molar-refractivity contribution < 1.29 is 14.7 Å². The Morgan fingerprint density at radius 3 is 2.27 bits per heavy atom. The van der Waals surface area contributed by atoms with Crippen LogP contribution < -0.4 is 0 Å². The molecule has 2 saturated carbocycles. The monoisotopic (exact) mass is 361 g/mol. The Morgan fingerprint density at radius 1 is 1.12 bits per heavy atom.